The second-order valence-corrected chi connectivity index (χ2v) is 6.51. The Bertz CT molecular complexity index is 539. The van der Waals surface area contributed by atoms with E-state index in [2.05, 4.69) is 28.9 Å². The summed E-state index contributed by atoms with van der Waals surface area (Å²) in [4.78, 5) is 16.9. The molecule has 2 aliphatic heterocycles. The maximum Gasteiger partial charge on any atom is 0.255 e. The molecule has 1 spiro atoms. The van der Waals surface area contributed by atoms with E-state index in [4.69, 9.17) is 9.47 Å². The van der Waals surface area contributed by atoms with Crippen LogP contribution in [-0.2, 0) is 9.47 Å². The second kappa shape index (κ2) is 6.90. The Morgan fingerprint density at radius 3 is 2.87 bits per heavy atom. The Morgan fingerprint density at radius 1 is 1.26 bits per heavy atom. The van der Waals surface area contributed by atoms with Crippen LogP contribution in [0.2, 0.25) is 0 Å². The van der Waals surface area contributed by atoms with E-state index < -0.39 is 5.60 Å². The Hall–Kier alpha value is -1.57. The third-order valence-corrected chi connectivity index (χ3v) is 4.48. The Balaban J connectivity index is 1.77. The zero-order valence-corrected chi connectivity index (χ0v) is 13.8. The summed E-state index contributed by atoms with van der Waals surface area (Å²) in [5, 5.41) is 7.52. The van der Waals surface area contributed by atoms with Crippen molar-refractivity contribution in [2.75, 3.05) is 46.0 Å². The predicted octanol–water partition coefficient (Wildman–Crippen LogP) is 0.428. The maximum atomic E-state index is 12.7. The molecule has 23 heavy (non-hydrogen) atoms. The van der Waals surface area contributed by atoms with Gasteiger partial charge in [0.2, 0.25) is 0 Å². The highest BCUT2D eigenvalue weighted by atomic mass is 16.5. The molecule has 1 amide bonds. The summed E-state index contributed by atoms with van der Waals surface area (Å²) in [7, 11) is 0. The first-order valence-corrected chi connectivity index (χ1v) is 8.11. The average Bonchev–Trinajstić information content (AvgIpc) is 2.77. The standard InChI is InChI=1S/C16H24N4O3/c1-13(2)19-6-8-23-16(10-19)11-20(5-7-22-12-16)15(21)14-3-4-17-18-9-14/h3-4,9,13H,5-8,10-12H2,1-2H3/t16-/m0/s1. The molecule has 7 heteroatoms. The first-order valence-electron chi connectivity index (χ1n) is 8.11. The van der Waals surface area contributed by atoms with Crippen LogP contribution in [0.3, 0.4) is 0 Å². The lowest BCUT2D eigenvalue weighted by Crippen LogP contribution is -2.60. The molecule has 2 fully saturated rings. The van der Waals surface area contributed by atoms with Crippen molar-refractivity contribution in [3.05, 3.63) is 24.0 Å². The number of carbonyl (C=O) groups is 1. The first-order chi connectivity index (χ1) is 11.1. The van der Waals surface area contributed by atoms with Crippen molar-refractivity contribution in [3.63, 3.8) is 0 Å². The van der Waals surface area contributed by atoms with Crippen LogP contribution in [0, 0.1) is 0 Å². The molecule has 0 unspecified atom stereocenters. The Labute approximate surface area is 136 Å². The SMILES string of the molecule is CC(C)N1CCO[C@@]2(COCCN(C(=O)c3ccnnc3)C2)C1. The molecular formula is C16H24N4O3. The molecule has 3 heterocycles. The van der Waals surface area contributed by atoms with E-state index in [1.807, 2.05) is 4.90 Å². The summed E-state index contributed by atoms with van der Waals surface area (Å²) in [6, 6.07) is 2.14. The van der Waals surface area contributed by atoms with Gasteiger partial charge in [0.15, 0.2) is 0 Å². The van der Waals surface area contributed by atoms with Crippen molar-refractivity contribution in [1.29, 1.82) is 0 Å². The van der Waals surface area contributed by atoms with E-state index >= 15 is 0 Å². The summed E-state index contributed by atoms with van der Waals surface area (Å²) in [5.74, 6) is -0.0463. The van der Waals surface area contributed by atoms with Crippen LogP contribution in [-0.4, -0.2) is 83.5 Å². The smallest absolute Gasteiger partial charge is 0.255 e. The van der Waals surface area contributed by atoms with Crippen molar-refractivity contribution >= 4 is 5.91 Å². The van der Waals surface area contributed by atoms with Gasteiger partial charge in [-0.05, 0) is 19.9 Å². The zero-order valence-electron chi connectivity index (χ0n) is 13.8. The molecule has 126 valence electrons. The second-order valence-electron chi connectivity index (χ2n) is 6.51. The van der Waals surface area contributed by atoms with Crippen LogP contribution in [0.1, 0.15) is 24.2 Å². The molecule has 0 N–H and O–H groups in total. The highest BCUT2D eigenvalue weighted by molar-refractivity contribution is 5.93. The van der Waals surface area contributed by atoms with Crippen LogP contribution in [0.4, 0.5) is 0 Å². The number of amides is 1. The van der Waals surface area contributed by atoms with E-state index in [0.29, 0.717) is 44.5 Å². The van der Waals surface area contributed by atoms with E-state index in [-0.39, 0.29) is 5.91 Å². The van der Waals surface area contributed by atoms with Gasteiger partial charge in [0.1, 0.15) is 5.60 Å². The highest BCUT2D eigenvalue weighted by Crippen LogP contribution is 2.24. The lowest BCUT2D eigenvalue weighted by Gasteiger charge is -2.44. The summed E-state index contributed by atoms with van der Waals surface area (Å²) in [6.07, 6.45) is 3.04. The van der Waals surface area contributed by atoms with E-state index in [1.54, 1.807) is 6.07 Å². The molecule has 0 saturated carbocycles. The summed E-state index contributed by atoms with van der Waals surface area (Å²) >= 11 is 0. The van der Waals surface area contributed by atoms with Gasteiger partial charge < -0.3 is 14.4 Å². The third-order valence-electron chi connectivity index (χ3n) is 4.48. The minimum atomic E-state index is -0.449. The largest absolute Gasteiger partial charge is 0.376 e. The van der Waals surface area contributed by atoms with Crippen LogP contribution in [0.5, 0.6) is 0 Å². The molecule has 0 bridgehead atoms. The fraction of sp³-hybridized carbons (Fsp3) is 0.688. The molecule has 0 aliphatic carbocycles. The number of rotatable bonds is 2. The third kappa shape index (κ3) is 3.68. The number of hydrogen-bond donors (Lipinski definition) is 0. The number of hydrogen-bond acceptors (Lipinski definition) is 6. The topological polar surface area (TPSA) is 67.8 Å². The summed E-state index contributed by atoms with van der Waals surface area (Å²) in [5.41, 5.74) is 0.100. The molecular weight excluding hydrogens is 296 g/mol. The van der Waals surface area contributed by atoms with Crippen molar-refractivity contribution < 1.29 is 14.3 Å². The number of aromatic nitrogens is 2. The van der Waals surface area contributed by atoms with Gasteiger partial charge in [-0.15, -0.1) is 0 Å². The van der Waals surface area contributed by atoms with Gasteiger partial charge in [-0.25, -0.2) is 0 Å². The molecule has 1 atom stereocenters. The van der Waals surface area contributed by atoms with Crippen LogP contribution in [0.15, 0.2) is 18.5 Å². The Morgan fingerprint density at radius 2 is 2.13 bits per heavy atom. The maximum absolute atomic E-state index is 12.7. The molecule has 1 aromatic rings. The van der Waals surface area contributed by atoms with Crippen molar-refractivity contribution in [2.45, 2.75) is 25.5 Å². The lowest BCUT2D eigenvalue weighted by molar-refractivity contribution is -0.144. The Kier molecular flexibility index (Phi) is 4.89. The van der Waals surface area contributed by atoms with E-state index in [1.165, 1.54) is 12.4 Å². The summed E-state index contributed by atoms with van der Waals surface area (Å²) in [6.45, 7) is 8.88. The van der Waals surface area contributed by atoms with Crippen molar-refractivity contribution in [2.24, 2.45) is 0 Å². The molecule has 1 aromatic heterocycles. The average molecular weight is 320 g/mol. The molecule has 0 radical (unpaired) electrons. The molecule has 3 rings (SSSR count). The normalized spacial score (nSPS) is 26.5. The molecule has 7 nitrogen and oxygen atoms in total. The molecule has 2 aliphatic rings. The first kappa shape index (κ1) is 16.3. The van der Waals surface area contributed by atoms with Gasteiger partial charge in [0, 0.05) is 25.7 Å². The van der Waals surface area contributed by atoms with Gasteiger partial charge >= 0.3 is 0 Å². The van der Waals surface area contributed by atoms with Gasteiger partial charge in [0.05, 0.1) is 44.3 Å². The minimum absolute atomic E-state index is 0.0463. The van der Waals surface area contributed by atoms with Crippen LogP contribution >= 0.6 is 0 Å². The number of ether oxygens (including phenoxy) is 2. The zero-order chi connectivity index (χ0) is 16.3. The number of morpholine rings is 1. The monoisotopic (exact) mass is 320 g/mol. The quantitative estimate of drug-likeness (QED) is 0.787. The highest BCUT2D eigenvalue weighted by Gasteiger charge is 2.42. The number of carbonyl (C=O) groups excluding carboxylic acids is 1. The van der Waals surface area contributed by atoms with Crippen molar-refractivity contribution in [1.82, 2.24) is 20.0 Å². The van der Waals surface area contributed by atoms with Gasteiger partial charge in [-0.1, -0.05) is 0 Å². The predicted molar refractivity (Wildman–Crippen MR) is 84.1 cm³/mol. The van der Waals surface area contributed by atoms with E-state index in [0.717, 1.165) is 13.1 Å². The van der Waals surface area contributed by atoms with Crippen molar-refractivity contribution in [3.8, 4) is 0 Å². The lowest BCUT2D eigenvalue weighted by atomic mass is 10.0. The van der Waals surface area contributed by atoms with Crippen LogP contribution < -0.4 is 0 Å². The van der Waals surface area contributed by atoms with Gasteiger partial charge in [0.25, 0.3) is 5.91 Å². The van der Waals surface area contributed by atoms with Gasteiger partial charge in [-0.3, -0.25) is 9.69 Å². The van der Waals surface area contributed by atoms with Gasteiger partial charge in [-0.2, -0.15) is 10.2 Å². The number of nitrogens with zero attached hydrogens (tertiary/aromatic N) is 4. The fourth-order valence-corrected chi connectivity index (χ4v) is 3.18. The van der Waals surface area contributed by atoms with E-state index in [9.17, 15) is 4.79 Å². The molecule has 0 aromatic carbocycles. The minimum Gasteiger partial charge on any atom is -0.376 e. The summed E-state index contributed by atoms with van der Waals surface area (Å²) < 4.78 is 11.9. The van der Waals surface area contributed by atoms with Crippen LogP contribution in [0.25, 0.3) is 0 Å². The fourth-order valence-electron chi connectivity index (χ4n) is 3.18. The molecule has 2 saturated heterocycles.